The Morgan fingerprint density at radius 3 is 3.15 bits per heavy atom. The van der Waals surface area contributed by atoms with Crippen LogP contribution >= 0.6 is 0 Å². The molecule has 0 radical (unpaired) electrons. The molecule has 0 saturated carbocycles. The number of hydrogen-bond acceptors (Lipinski definition) is 4. The van der Waals surface area contributed by atoms with Crippen LogP contribution in [0.3, 0.4) is 0 Å². The highest BCUT2D eigenvalue weighted by Gasteiger charge is 2.17. The Bertz CT molecular complexity index is 641. The van der Waals surface area contributed by atoms with Crippen molar-refractivity contribution in [1.29, 1.82) is 0 Å². The lowest BCUT2D eigenvalue weighted by molar-refractivity contribution is 0.1000. The average Bonchev–Trinajstić information content (AvgIpc) is 2.47. The maximum atomic E-state index is 11.2. The Balaban J connectivity index is 1.73. The van der Waals surface area contributed by atoms with Gasteiger partial charge in [-0.25, -0.2) is 9.97 Å². The summed E-state index contributed by atoms with van der Waals surface area (Å²) in [6.07, 6.45) is 4.45. The van der Waals surface area contributed by atoms with Crippen molar-refractivity contribution in [2.75, 3.05) is 6.54 Å². The average molecular weight is 268 g/mol. The van der Waals surface area contributed by atoms with Crippen molar-refractivity contribution in [2.45, 2.75) is 19.5 Å². The van der Waals surface area contributed by atoms with E-state index in [1.807, 2.05) is 24.4 Å². The lowest BCUT2D eigenvalue weighted by Crippen LogP contribution is -2.31. The van der Waals surface area contributed by atoms with Crippen LogP contribution in [0.15, 0.2) is 36.8 Å². The first-order valence-electron chi connectivity index (χ1n) is 6.61. The van der Waals surface area contributed by atoms with E-state index in [1.54, 1.807) is 12.4 Å². The predicted octanol–water partition coefficient (Wildman–Crippen LogP) is 1.13. The van der Waals surface area contributed by atoms with Crippen LogP contribution in [-0.2, 0) is 19.5 Å². The van der Waals surface area contributed by atoms with Crippen LogP contribution in [0.2, 0.25) is 0 Å². The first-order chi connectivity index (χ1) is 9.72. The number of aromatic nitrogens is 2. The van der Waals surface area contributed by atoms with E-state index in [-0.39, 0.29) is 5.91 Å². The van der Waals surface area contributed by atoms with Gasteiger partial charge >= 0.3 is 0 Å². The van der Waals surface area contributed by atoms with Crippen LogP contribution in [0.25, 0.3) is 0 Å². The molecule has 20 heavy (non-hydrogen) atoms. The van der Waals surface area contributed by atoms with E-state index >= 15 is 0 Å². The first-order valence-corrected chi connectivity index (χ1v) is 6.61. The molecule has 0 spiro atoms. The van der Waals surface area contributed by atoms with Crippen molar-refractivity contribution in [3.63, 3.8) is 0 Å². The van der Waals surface area contributed by atoms with Crippen molar-refractivity contribution in [3.05, 3.63) is 59.2 Å². The van der Waals surface area contributed by atoms with Gasteiger partial charge in [0.25, 0.3) is 0 Å². The lowest BCUT2D eigenvalue weighted by atomic mass is 10.1. The van der Waals surface area contributed by atoms with Crippen LogP contribution in [0, 0.1) is 0 Å². The molecule has 1 aliphatic heterocycles. The third-order valence-corrected chi connectivity index (χ3v) is 3.57. The summed E-state index contributed by atoms with van der Waals surface area (Å²) >= 11 is 0. The Morgan fingerprint density at radius 1 is 1.40 bits per heavy atom. The molecule has 3 rings (SSSR count). The van der Waals surface area contributed by atoms with Gasteiger partial charge < -0.3 is 5.73 Å². The zero-order valence-electron chi connectivity index (χ0n) is 11.1. The molecule has 2 N–H and O–H groups in total. The van der Waals surface area contributed by atoms with Crippen molar-refractivity contribution in [3.8, 4) is 0 Å². The van der Waals surface area contributed by atoms with Gasteiger partial charge in [-0.15, -0.1) is 0 Å². The van der Waals surface area contributed by atoms with E-state index in [0.29, 0.717) is 5.56 Å². The quantitative estimate of drug-likeness (QED) is 0.906. The van der Waals surface area contributed by atoms with Gasteiger partial charge in [0.1, 0.15) is 6.33 Å². The summed E-state index contributed by atoms with van der Waals surface area (Å²) in [6.45, 7) is 2.59. The highest BCUT2D eigenvalue weighted by molar-refractivity contribution is 5.92. The molecule has 5 nitrogen and oxygen atoms in total. The normalized spacial score (nSPS) is 14.8. The van der Waals surface area contributed by atoms with Crippen LogP contribution in [-0.4, -0.2) is 27.3 Å². The minimum absolute atomic E-state index is 0.386. The summed E-state index contributed by atoms with van der Waals surface area (Å²) in [7, 11) is 0. The van der Waals surface area contributed by atoms with E-state index in [2.05, 4.69) is 14.9 Å². The van der Waals surface area contributed by atoms with Gasteiger partial charge in [0.05, 0.1) is 5.69 Å². The van der Waals surface area contributed by atoms with E-state index in [0.717, 1.165) is 37.3 Å². The first kappa shape index (κ1) is 12.7. The summed E-state index contributed by atoms with van der Waals surface area (Å²) in [4.78, 5) is 21.9. The van der Waals surface area contributed by atoms with Gasteiger partial charge in [-0.05, 0) is 29.7 Å². The molecule has 5 heteroatoms. The smallest absolute Gasteiger partial charge is 0.248 e. The second kappa shape index (κ2) is 5.38. The van der Waals surface area contributed by atoms with Crippen molar-refractivity contribution in [1.82, 2.24) is 14.9 Å². The molecule has 1 aromatic carbocycles. The lowest BCUT2D eigenvalue weighted by Gasteiger charge is -2.27. The number of carbonyl (C=O) groups excluding carboxylic acids is 1. The number of hydrogen-bond donors (Lipinski definition) is 1. The Morgan fingerprint density at radius 2 is 2.30 bits per heavy atom. The zero-order valence-corrected chi connectivity index (χ0v) is 11.1. The second-order valence-electron chi connectivity index (χ2n) is 5.02. The molecule has 0 aliphatic carbocycles. The summed E-state index contributed by atoms with van der Waals surface area (Å²) in [6, 6.07) is 7.49. The molecule has 0 unspecified atom stereocenters. The van der Waals surface area contributed by atoms with E-state index in [9.17, 15) is 4.79 Å². The molecular formula is C15H16N4O. The summed E-state index contributed by atoms with van der Waals surface area (Å²) < 4.78 is 0. The van der Waals surface area contributed by atoms with Crippen LogP contribution in [0.4, 0.5) is 0 Å². The van der Waals surface area contributed by atoms with Gasteiger partial charge in [-0.3, -0.25) is 9.69 Å². The fourth-order valence-corrected chi connectivity index (χ4v) is 2.52. The molecule has 0 bridgehead atoms. The van der Waals surface area contributed by atoms with E-state index in [4.69, 9.17) is 5.73 Å². The Labute approximate surface area is 117 Å². The van der Waals surface area contributed by atoms with Gasteiger partial charge in [0.15, 0.2) is 0 Å². The number of nitrogens with zero attached hydrogens (tertiary/aromatic N) is 3. The number of primary amides is 1. The van der Waals surface area contributed by atoms with Gasteiger partial charge in [-0.2, -0.15) is 0 Å². The molecule has 0 saturated heterocycles. The van der Waals surface area contributed by atoms with Gasteiger partial charge in [-0.1, -0.05) is 12.1 Å². The second-order valence-corrected chi connectivity index (χ2v) is 5.02. The SMILES string of the molecule is NC(=O)c1cccc(CN2CCc3cncnc3C2)c1. The molecule has 1 amide bonds. The number of benzene rings is 1. The van der Waals surface area contributed by atoms with Gasteiger partial charge in [0.2, 0.25) is 5.91 Å². The molecule has 1 aromatic heterocycles. The third kappa shape index (κ3) is 2.67. The summed E-state index contributed by atoms with van der Waals surface area (Å²) in [5, 5.41) is 0. The van der Waals surface area contributed by atoms with Crippen LogP contribution < -0.4 is 5.73 Å². The van der Waals surface area contributed by atoms with E-state index in [1.165, 1.54) is 5.56 Å². The minimum atomic E-state index is -0.386. The molecule has 2 heterocycles. The monoisotopic (exact) mass is 268 g/mol. The van der Waals surface area contributed by atoms with E-state index < -0.39 is 0 Å². The largest absolute Gasteiger partial charge is 0.366 e. The van der Waals surface area contributed by atoms with Crippen LogP contribution in [0.5, 0.6) is 0 Å². The van der Waals surface area contributed by atoms with Crippen molar-refractivity contribution >= 4 is 5.91 Å². The van der Waals surface area contributed by atoms with Gasteiger partial charge in [0, 0.05) is 31.4 Å². The fourth-order valence-electron chi connectivity index (χ4n) is 2.52. The summed E-state index contributed by atoms with van der Waals surface area (Å²) in [5.74, 6) is -0.386. The maximum absolute atomic E-state index is 11.2. The Hall–Kier alpha value is -2.27. The number of carbonyl (C=O) groups is 1. The molecule has 2 aromatic rings. The van der Waals surface area contributed by atoms with Crippen molar-refractivity contribution in [2.24, 2.45) is 5.73 Å². The number of amides is 1. The third-order valence-electron chi connectivity index (χ3n) is 3.57. The number of rotatable bonds is 3. The topological polar surface area (TPSA) is 72.1 Å². The highest BCUT2D eigenvalue weighted by Crippen LogP contribution is 2.18. The Kier molecular flexibility index (Phi) is 3.43. The maximum Gasteiger partial charge on any atom is 0.248 e. The predicted molar refractivity (Wildman–Crippen MR) is 74.8 cm³/mol. The summed E-state index contributed by atoms with van der Waals surface area (Å²) in [5.41, 5.74) is 9.29. The molecule has 102 valence electrons. The number of fused-ring (bicyclic) bond motifs is 1. The standard InChI is InChI=1S/C15H16N4O/c16-15(20)12-3-1-2-11(6-12)8-19-5-4-13-7-17-10-18-14(13)9-19/h1-3,6-7,10H,4-5,8-9H2,(H2,16,20). The number of nitrogens with two attached hydrogens (primary N) is 1. The molecular weight excluding hydrogens is 252 g/mol. The van der Waals surface area contributed by atoms with Crippen molar-refractivity contribution < 1.29 is 4.79 Å². The zero-order chi connectivity index (χ0) is 13.9. The highest BCUT2D eigenvalue weighted by atomic mass is 16.1. The molecule has 0 fully saturated rings. The molecule has 1 aliphatic rings. The fraction of sp³-hybridized carbons (Fsp3) is 0.267. The van der Waals surface area contributed by atoms with Crippen LogP contribution in [0.1, 0.15) is 27.2 Å². The molecule has 0 atom stereocenters. The minimum Gasteiger partial charge on any atom is -0.366 e.